The maximum atomic E-state index is 12.2. The van der Waals surface area contributed by atoms with Crippen LogP contribution in [0.3, 0.4) is 0 Å². The number of hydrogen-bond donors (Lipinski definition) is 3. The van der Waals surface area contributed by atoms with Crippen LogP contribution in [0.15, 0.2) is 72.1 Å². The van der Waals surface area contributed by atoms with Crippen molar-refractivity contribution < 1.29 is 9.21 Å². The Morgan fingerprint density at radius 1 is 1.03 bits per heavy atom. The molecule has 0 aromatic carbocycles. The molecule has 3 N–H and O–H groups in total. The molecule has 6 rings (SSSR count). The van der Waals surface area contributed by atoms with Gasteiger partial charge in [0.1, 0.15) is 0 Å². The molecule has 0 saturated heterocycles. The van der Waals surface area contributed by atoms with Crippen molar-refractivity contribution in [2.24, 2.45) is 0 Å². The highest BCUT2D eigenvalue weighted by Gasteiger charge is 2.16. The molecule has 0 aliphatic heterocycles. The number of anilines is 1. The van der Waals surface area contributed by atoms with Gasteiger partial charge in [-0.3, -0.25) is 19.9 Å². The topological polar surface area (TPSA) is 129 Å². The smallest absolute Gasteiger partial charge is 0.238 e. The van der Waals surface area contributed by atoms with E-state index in [1.807, 2.05) is 49.3 Å². The van der Waals surface area contributed by atoms with Crippen LogP contribution < -0.4 is 5.32 Å². The Morgan fingerprint density at radius 3 is 2.75 bits per heavy atom. The average Bonchev–Trinajstić information content (AvgIpc) is 3.62. The number of fused-ring (bicyclic) bond motifs is 2. The van der Waals surface area contributed by atoms with Crippen molar-refractivity contribution in [1.82, 2.24) is 35.0 Å². The van der Waals surface area contributed by atoms with E-state index in [0.29, 0.717) is 17.9 Å². The van der Waals surface area contributed by atoms with Gasteiger partial charge in [0.15, 0.2) is 5.65 Å². The van der Waals surface area contributed by atoms with Crippen molar-refractivity contribution >= 4 is 33.5 Å². The number of carbonyl (C=O) groups excluding carboxylic acids is 1. The van der Waals surface area contributed by atoms with E-state index >= 15 is 0 Å². The SMILES string of the molecule is CN(C)CC(=O)Nc1cncc(-c2cnc3n[nH]c(-c4cc5c(-c6ccoc6)nccc5[nH]4)c3c2)c1. The first-order chi connectivity index (χ1) is 17.5. The van der Waals surface area contributed by atoms with Crippen molar-refractivity contribution in [1.29, 1.82) is 0 Å². The summed E-state index contributed by atoms with van der Waals surface area (Å²) in [5, 5.41) is 12.2. The van der Waals surface area contributed by atoms with E-state index < -0.39 is 0 Å². The van der Waals surface area contributed by atoms with Crippen molar-refractivity contribution in [3.05, 3.63) is 67.6 Å². The van der Waals surface area contributed by atoms with Crippen LogP contribution in [0.5, 0.6) is 0 Å². The average molecular weight is 479 g/mol. The molecule has 0 bridgehead atoms. The lowest BCUT2D eigenvalue weighted by Gasteiger charge is -2.10. The highest BCUT2D eigenvalue weighted by Crippen LogP contribution is 2.34. The minimum absolute atomic E-state index is 0.104. The highest BCUT2D eigenvalue weighted by molar-refractivity contribution is 6.00. The van der Waals surface area contributed by atoms with Gasteiger partial charge >= 0.3 is 0 Å². The van der Waals surface area contributed by atoms with Crippen molar-refractivity contribution in [2.75, 3.05) is 26.0 Å². The molecule has 6 heterocycles. The van der Waals surface area contributed by atoms with E-state index in [2.05, 4.69) is 35.5 Å². The van der Waals surface area contributed by atoms with Crippen LogP contribution in [0.25, 0.3) is 55.7 Å². The first-order valence-corrected chi connectivity index (χ1v) is 11.3. The maximum Gasteiger partial charge on any atom is 0.238 e. The minimum atomic E-state index is -0.104. The number of carbonyl (C=O) groups is 1. The second kappa shape index (κ2) is 8.75. The lowest BCUT2D eigenvalue weighted by molar-refractivity contribution is -0.116. The first-order valence-electron chi connectivity index (χ1n) is 11.3. The monoisotopic (exact) mass is 478 g/mol. The van der Waals surface area contributed by atoms with E-state index in [9.17, 15) is 4.79 Å². The number of hydrogen-bond acceptors (Lipinski definition) is 7. The summed E-state index contributed by atoms with van der Waals surface area (Å²) in [6.07, 6.45) is 10.2. The zero-order chi connectivity index (χ0) is 24.6. The Bertz CT molecular complexity index is 1700. The molecule has 0 aliphatic carbocycles. The van der Waals surface area contributed by atoms with Gasteiger partial charge in [0.05, 0.1) is 48.0 Å². The largest absolute Gasteiger partial charge is 0.472 e. The molecular weight excluding hydrogens is 456 g/mol. The minimum Gasteiger partial charge on any atom is -0.472 e. The molecule has 0 radical (unpaired) electrons. The van der Waals surface area contributed by atoms with Crippen LogP contribution in [0.4, 0.5) is 5.69 Å². The number of amides is 1. The fourth-order valence-electron chi connectivity index (χ4n) is 4.23. The number of aromatic amines is 2. The van der Waals surface area contributed by atoms with Crippen LogP contribution in [-0.2, 0) is 4.79 Å². The molecular formula is C26H22N8O2. The number of likely N-dealkylation sites (N-methyl/N-ethyl adjacent to an activating group) is 1. The summed E-state index contributed by atoms with van der Waals surface area (Å²) in [6, 6.07) is 9.78. The fraction of sp³-hybridized carbons (Fsp3) is 0.115. The Balaban J connectivity index is 1.38. The summed E-state index contributed by atoms with van der Waals surface area (Å²) >= 11 is 0. The third kappa shape index (κ3) is 3.99. The van der Waals surface area contributed by atoms with E-state index in [0.717, 1.165) is 50.1 Å². The van der Waals surface area contributed by atoms with E-state index in [4.69, 9.17) is 4.42 Å². The third-order valence-corrected chi connectivity index (χ3v) is 5.84. The quantitative estimate of drug-likeness (QED) is 0.325. The molecule has 0 unspecified atom stereocenters. The molecule has 1 amide bonds. The van der Waals surface area contributed by atoms with Gasteiger partial charge < -0.3 is 19.6 Å². The summed E-state index contributed by atoms with van der Waals surface area (Å²) in [7, 11) is 3.69. The fourth-order valence-corrected chi connectivity index (χ4v) is 4.23. The Morgan fingerprint density at radius 2 is 1.92 bits per heavy atom. The van der Waals surface area contributed by atoms with Crippen LogP contribution in [0.1, 0.15) is 0 Å². The van der Waals surface area contributed by atoms with Gasteiger partial charge in [0.25, 0.3) is 0 Å². The molecule has 10 nitrogen and oxygen atoms in total. The van der Waals surface area contributed by atoms with Gasteiger partial charge in [-0.05, 0) is 44.4 Å². The van der Waals surface area contributed by atoms with Crippen LogP contribution in [0.2, 0.25) is 0 Å². The van der Waals surface area contributed by atoms with Crippen LogP contribution in [-0.4, -0.2) is 61.6 Å². The number of aromatic nitrogens is 6. The summed E-state index contributed by atoms with van der Waals surface area (Å²) in [5.41, 5.74) is 7.31. The highest BCUT2D eigenvalue weighted by atomic mass is 16.3. The Hall–Kier alpha value is -4.83. The predicted molar refractivity (Wildman–Crippen MR) is 137 cm³/mol. The van der Waals surface area contributed by atoms with Gasteiger partial charge in [-0.15, -0.1) is 0 Å². The van der Waals surface area contributed by atoms with E-state index in [1.54, 1.807) is 37.3 Å². The molecule has 0 spiro atoms. The molecule has 0 saturated carbocycles. The zero-order valence-corrected chi connectivity index (χ0v) is 19.6. The molecule has 6 aromatic heterocycles. The van der Waals surface area contributed by atoms with Crippen LogP contribution in [0, 0.1) is 0 Å². The van der Waals surface area contributed by atoms with Gasteiger partial charge in [-0.2, -0.15) is 5.10 Å². The molecule has 6 aromatic rings. The number of furan rings is 1. The predicted octanol–water partition coefficient (Wildman–Crippen LogP) is 4.32. The lowest BCUT2D eigenvalue weighted by atomic mass is 10.1. The number of H-pyrrole nitrogens is 2. The second-order valence-corrected chi connectivity index (χ2v) is 8.76. The van der Waals surface area contributed by atoms with Gasteiger partial charge in [-0.1, -0.05) is 0 Å². The second-order valence-electron chi connectivity index (χ2n) is 8.76. The number of nitrogens with one attached hydrogen (secondary N) is 3. The number of pyridine rings is 3. The zero-order valence-electron chi connectivity index (χ0n) is 19.6. The maximum absolute atomic E-state index is 12.2. The normalized spacial score (nSPS) is 11.5. The summed E-state index contributed by atoms with van der Waals surface area (Å²) < 4.78 is 5.25. The van der Waals surface area contributed by atoms with Crippen molar-refractivity contribution in [3.8, 4) is 33.8 Å². The molecule has 10 heteroatoms. The van der Waals surface area contributed by atoms with Gasteiger partial charge in [0.2, 0.25) is 5.91 Å². The van der Waals surface area contributed by atoms with Gasteiger partial charge in [0, 0.05) is 51.6 Å². The van der Waals surface area contributed by atoms with Crippen molar-refractivity contribution in [3.63, 3.8) is 0 Å². The first kappa shape index (κ1) is 21.7. The Kier molecular flexibility index (Phi) is 5.27. The standard InChI is InChI=1S/C26H22N8O2/c1-34(2)13-23(35)30-18-7-16(10-27-12-18)17-8-20-25(32-33-26(20)29-11-17)22-9-19-21(31-22)3-5-28-24(19)15-4-6-36-14-15/h3-12,14,31H,13H2,1-2H3,(H,30,35)(H,29,32,33). The Labute approximate surface area is 205 Å². The molecule has 178 valence electrons. The molecule has 0 fully saturated rings. The number of rotatable bonds is 6. The van der Waals surface area contributed by atoms with Crippen LogP contribution >= 0.6 is 0 Å². The molecule has 0 aliphatic rings. The lowest BCUT2D eigenvalue weighted by Crippen LogP contribution is -2.27. The van der Waals surface area contributed by atoms with E-state index in [-0.39, 0.29) is 5.91 Å². The van der Waals surface area contributed by atoms with Crippen molar-refractivity contribution in [2.45, 2.75) is 0 Å². The number of nitrogens with zero attached hydrogens (tertiary/aromatic N) is 5. The summed E-state index contributed by atoms with van der Waals surface area (Å²) in [5.74, 6) is -0.104. The third-order valence-electron chi connectivity index (χ3n) is 5.84. The molecule has 0 atom stereocenters. The van der Waals surface area contributed by atoms with E-state index in [1.165, 1.54) is 0 Å². The summed E-state index contributed by atoms with van der Waals surface area (Å²) in [6.45, 7) is 0.290. The van der Waals surface area contributed by atoms with Gasteiger partial charge in [-0.25, -0.2) is 4.98 Å². The molecule has 36 heavy (non-hydrogen) atoms. The summed E-state index contributed by atoms with van der Waals surface area (Å²) in [4.78, 5) is 30.8.